The van der Waals surface area contributed by atoms with Crippen LogP contribution < -0.4 is 16.4 Å². The number of aryl methyl sites for hydroxylation is 1. The molecule has 110 valence electrons. The fourth-order valence-electron chi connectivity index (χ4n) is 1.82. The number of benzene rings is 1. The van der Waals surface area contributed by atoms with Crippen molar-refractivity contribution >= 4 is 11.8 Å². The first-order valence-electron chi connectivity index (χ1n) is 6.60. The van der Waals surface area contributed by atoms with Gasteiger partial charge in [0.05, 0.1) is 6.54 Å². The number of nitrogens with one attached hydrogen (secondary N) is 2. The van der Waals surface area contributed by atoms with E-state index in [0.717, 1.165) is 11.1 Å². The van der Waals surface area contributed by atoms with Gasteiger partial charge in [-0.1, -0.05) is 6.07 Å². The Balaban J connectivity index is 2.51. The molecule has 0 saturated heterocycles. The molecule has 0 spiro atoms. The summed E-state index contributed by atoms with van der Waals surface area (Å²) < 4.78 is 0. The summed E-state index contributed by atoms with van der Waals surface area (Å²) >= 11 is 0. The van der Waals surface area contributed by atoms with Crippen LogP contribution in [0.2, 0.25) is 0 Å². The van der Waals surface area contributed by atoms with Gasteiger partial charge in [-0.2, -0.15) is 0 Å². The standard InChI is InChI=1S/C15H23N3O2/c1-10-7-11(14(16)20)5-6-12(10)8-17-9-13(19)18-15(2,3)4/h5-7,17H,8-9H2,1-4H3,(H2,16,20)(H,18,19). The molecule has 5 heteroatoms. The molecule has 20 heavy (non-hydrogen) atoms. The highest BCUT2D eigenvalue weighted by Crippen LogP contribution is 2.10. The van der Waals surface area contributed by atoms with Crippen molar-refractivity contribution in [3.8, 4) is 0 Å². The number of primary amides is 1. The molecule has 2 amide bonds. The van der Waals surface area contributed by atoms with E-state index < -0.39 is 5.91 Å². The Morgan fingerprint density at radius 1 is 1.25 bits per heavy atom. The molecule has 0 aliphatic carbocycles. The second kappa shape index (κ2) is 6.52. The number of carbonyl (C=O) groups is 2. The van der Waals surface area contributed by atoms with E-state index in [1.807, 2.05) is 33.8 Å². The zero-order chi connectivity index (χ0) is 15.3. The van der Waals surface area contributed by atoms with E-state index in [9.17, 15) is 9.59 Å². The lowest BCUT2D eigenvalue weighted by Gasteiger charge is -2.20. The Bertz CT molecular complexity index is 504. The van der Waals surface area contributed by atoms with Gasteiger partial charge in [0.15, 0.2) is 0 Å². The zero-order valence-electron chi connectivity index (χ0n) is 12.5. The average Bonchev–Trinajstić information content (AvgIpc) is 2.28. The van der Waals surface area contributed by atoms with Crippen molar-refractivity contribution in [3.63, 3.8) is 0 Å². The highest BCUT2D eigenvalue weighted by atomic mass is 16.2. The Labute approximate surface area is 119 Å². The molecular formula is C15H23N3O2. The number of nitrogens with two attached hydrogens (primary N) is 1. The predicted octanol–water partition coefficient (Wildman–Crippen LogP) is 1.10. The molecule has 4 N–H and O–H groups in total. The lowest BCUT2D eigenvalue weighted by molar-refractivity contribution is -0.121. The van der Waals surface area contributed by atoms with Gasteiger partial charge in [-0.15, -0.1) is 0 Å². The van der Waals surface area contributed by atoms with E-state index in [-0.39, 0.29) is 18.0 Å². The quantitative estimate of drug-likeness (QED) is 0.753. The van der Waals surface area contributed by atoms with E-state index >= 15 is 0 Å². The zero-order valence-corrected chi connectivity index (χ0v) is 12.5. The molecule has 1 aromatic rings. The third-order valence-electron chi connectivity index (χ3n) is 2.74. The number of carbonyl (C=O) groups excluding carboxylic acids is 2. The van der Waals surface area contributed by atoms with Gasteiger partial charge < -0.3 is 16.4 Å². The summed E-state index contributed by atoms with van der Waals surface area (Å²) in [5.41, 5.74) is 7.51. The number of rotatable bonds is 5. The molecule has 0 radical (unpaired) electrons. The minimum Gasteiger partial charge on any atom is -0.366 e. The van der Waals surface area contributed by atoms with Crippen LogP contribution in [0.3, 0.4) is 0 Å². The highest BCUT2D eigenvalue weighted by molar-refractivity contribution is 5.93. The van der Waals surface area contributed by atoms with E-state index in [4.69, 9.17) is 5.73 Å². The molecule has 0 atom stereocenters. The summed E-state index contributed by atoms with van der Waals surface area (Å²) in [5, 5.41) is 5.97. The molecular weight excluding hydrogens is 254 g/mol. The maximum atomic E-state index is 11.6. The van der Waals surface area contributed by atoms with Gasteiger partial charge in [0, 0.05) is 17.6 Å². The maximum Gasteiger partial charge on any atom is 0.248 e. The van der Waals surface area contributed by atoms with Crippen LogP contribution >= 0.6 is 0 Å². The first kappa shape index (κ1) is 16.2. The molecule has 0 heterocycles. The van der Waals surface area contributed by atoms with Gasteiger partial charge in [0.1, 0.15) is 0 Å². The molecule has 0 aromatic heterocycles. The summed E-state index contributed by atoms with van der Waals surface area (Å²) in [6, 6.07) is 5.31. The smallest absolute Gasteiger partial charge is 0.248 e. The fourth-order valence-corrected chi connectivity index (χ4v) is 1.82. The Morgan fingerprint density at radius 3 is 2.40 bits per heavy atom. The summed E-state index contributed by atoms with van der Waals surface area (Å²) in [6.45, 7) is 8.57. The van der Waals surface area contributed by atoms with Crippen LogP contribution in [0.5, 0.6) is 0 Å². The summed E-state index contributed by atoms with van der Waals surface area (Å²) in [7, 11) is 0. The molecule has 0 bridgehead atoms. The minimum atomic E-state index is -0.433. The SMILES string of the molecule is Cc1cc(C(N)=O)ccc1CNCC(=O)NC(C)(C)C. The summed E-state index contributed by atoms with van der Waals surface area (Å²) in [6.07, 6.45) is 0. The van der Waals surface area contributed by atoms with Crippen molar-refractivity contribution in [2.75, 3.05) is 6.54 Å². The second-order valence-corrected chi connectivity index (χ2v) is 5.91. The van der Waals surface area contributed by atoms with Gasteiger partial charge in [-0.25, -0.2) is 0 Å². The van der Waals surface area contributed by atoms with Crippen LogP contribution in [-0.2, 0) is 11.3 Å². The summed E-state index contributed by atoms with van der Waals surface area (Å²) in [4.78, 5) is 22.7. The van der Waals surface area contributed by atoms with Crippen LogP contribution in [0.15, 0.2) is 18.2 Å². The summed E-state index contributed by atoms with van der Waals surface area (Å²) in [5.74, 6) is -0.471. The van der Waals surface area contributed by atoms with Gasteiger partial charge in [0.2, 0.25) is 11.8 Å². The predicted molar refractivity (Wildman–Crippen MR) is 79.3 cm³/mol. The molecule has 1 aromatic carbocycles. The fraction of sp³-hybridized carbons (Fsp3) is 0.467. The largest absolute Gasteiger partial charge is 0.366 e. The molecule has 0 aliphatic rings. The van der Waals surface area contributed by atoms with Gasteiger partial charge >= 0.3 is 0 Å². The molecule has 0 aliphatic heterocycles. The van der Waals surface area contributed by atoms with Crippen LogP contribution in [0.1, 0.15) is 42.3 Å². The van der Waals surface area contributed by atoms with Crippen molar-refractivity contribution < 1.29 is 9.59 Å². The number of hydrogen-bond donors (Lipinski definition) is 3. The van der Waals surface area contributed by atoms with Crippen molar-refractivity contribution in [2.24, 2.45) is 5.73 Å². The minimum absolute atomic E-state index is 0.0380. The Morgan fingerprint density at radius 2 is 1.90 bits per heavy atom. The molecule has 0 unspecified atom stereocenters. The first-order chi connectivity index (χ1) is 9.19. The monoisotopic (exact) mass is 277 g/mol. The topological polar surface area (TPSA) is 84.2 Å². The van der Waals surface area contributed by atoms with Crippen LogP contribution in [0, 0.1) is 6.92 Å². The number of amides is 2. The van der Waals surface area contributed by atoms with Gasteiger partial charge in [0.25, 0.3) is 0 Å². The molecule has 0 saturated carbocycles. The van der Waals surface area contributed by atoms with E-state index in [2.05, 4.69) is 10.6 Å². The van der Waals surface area contributed by atoms with Crippen molar-refractivity contribution in [1.82, 2.24) is 10.6 Å². The second-order valence-electron chi connectivity index (χ2n) is 5.91. The third-order valence-corrected chi connectivity index (χ3v) is 2.74. The number of hydrogen-bond acceptors (Lipinski definition) is 3. The Hall–Kier alpha value is -1.88. The molecule has 1 rings (SSSR count). The third kappa shape index (κ3) is 5.40. The lowest BCUT2D eigenvalue weighted by atomic mass is 10.0. The van der Waals surface area contributed by atoms with E-state index in [1.165, 1.54) is 0 Å². The Kier molecular flexibility index (Phi) is 5.27. The van der Waals surface area contributed by atoms with E-state index in [0.29, 0.717) is 12.1 Å². The van der Waals surface area contributed by atoms with Crippen molar-refractivity contribution in [3.05, 3.63) is 34.9 Å². The molecule has 0 fully saturated rings. The lowest BCUT2D eigenvalue weighted by Crippen LogP contribution is -2.44. The highest BCUT2D eigenvalue weighted by Gasteiger charge is 2.13. The first-order valence-corrected chi connectivity index (χ1v) is 6.60. The van der Waals surface area contributed by atoms with Gasteiger partial charge in [-0.3, -0.25) is 9.59 Å². The van der Waals surface area contributed by atoms with Crippen molar-refractivity contribution in [2.45, 2.75) is 39.8 Å². The van der Waals surface area contributed by atoms with Gasteiger partial charge in [-0.05, 0) is 51.0 Å². The average molecular weight is 277 g/mol. The van der Waals surface area contributed by atoms with E-state index in [1.54, 1.807) is 12.1 Å². The van der Waals surface area contributed by atoms with Crippen LogP contribution in [0.25, 0.3) is 0 Å². The van der Waals surface area contributed by atoms with Crippen LogP contribution in [0.4, 0.5) is 0 Å². The maximum absolute atomic E-state index is 11.6. The van der Waals surface area contributed by atoms with Crippen molar-refractivity contribution in [1.29, 1.82) is 0 Å². The van der Waals surface area contributed by atoms with Crippen LogP contribution in [-0.4, -0.2) is 23.9 Å². The molecule has 5 nitrogen and oxygen atoms in total. The normalized spacial score (nSPS) is 11.2.